The van der Waals surface area contributed by atoms with Crippen LogP contribution in [-0.2, 0) is 4.79 Å². The van der Waals surface area contributed by atoms with E-state index in [1.807, 2.05) is 31.2 Å². The quantitative estimate of drug-likeness (QED) is 0.833. The van der Waals surface area contributed by atoms with Crippen LogP contribution < -0.4 is 15.8 Å². The number of anilines is 1. The average molecular weight is 382 g/mol. The lowest BCUT2D eigenvalue weighted by Crippen LogP contribution is -2.52. The maximum atomic E-state index is 12.5. The van der Waals surface area contributed by atoms with E-state index >= 15 is 0 Å². The molecule has 1 aliphatic carbocycles. The third-order valence-corrected chi connectivity index (χ3v) is 5.46. The van der Waals surface area contributed by atoms with Crippen LogP contribution in [0.5, 0.6) is 5.75 Å². The van der Waals surface area contributed by atoms with Gasteiger partial charge in [-0.1, -0.05) is 19.3 Å². The molecule has 0 aliphatic heterocycles. The molecule has 0 spiro atoms. The molecular weight excluding hydrogens is 358 g/mol. The van der Waals surface area contributed by atoms with Crippen molar-refractivity contribution in [1.29, 1.82) is 0 Å². The van der Waals surface area contributed by atoms with Crippen LogP contribution in [0.25, 0.3) is 11.3 Å². The van der Waals surface area contributed by atoms with Crippen LogP contribution >= 0.6 is 23.7 Å². The Morgan fingerprint density at radius 3 is 2.48 bits per heavy atom. The molecule has 3 N–H and O–H groups in total. The largest absolute Gasteiger partial charge is 0.497 e. The summed E-state index contributed by atoms with van der Waals surface area (Å²) in [5.74, 6) is 0.694. The molecule has 1 aliphatic rings. The van der Waals surface area contributed by atoms with E-state index in [-0.39, 0.29) is 18.3 Å². The predicted molar refractivity (Wildman–Crippen MR) is 105 cm³/mol. The zero-order chi connectivity index (χ0) is 17.2. The summed E-state index contributed by atoms with van der Waals surface area (Å²) >= 11 is 1.48. The zero-order valence-corrected chi connectivity index (χ0v) is 16.1. The van der Waals surface area contributed by atoms with Crippen LogP contribution in [0.2, 0.25) is 0 Å². The standard InChI is InChI=1S/C18H23N3O2S.ClH/c1-12-15(13-6-8-14(23-2)9-7-13)20-17(24-12)21-16(22)18(19)10-4-3-5-11-18;/h6-9H,3-5,10-11,19H2,1-2H3,(H,20,21,22);1H. The Morgan fingerprint density at radius 1 is 1.24 bits per heavy atom. The smallest absolute Gasteiger partial charge is 0.246 e. The Morgan fingerprint density at radius 2 is 1.88 bits per heavy atom. The molecule has 0 radical (unpaired) electrons. The molecule has 0 saturated heterocycles. The van der Waals surface area contributed by atoms with E-state index in [1.54, 1.807) is 7.11 Å². The first-order valence-electron chi connectivity index (χ1n) is 8.24. The number of methoxy groups -OCH3 is 1. The summed E-state index contributed by atoms with van der Waals surface area (Å²) in [7, 11) is 1.64. The van der Waals surface area contributed by atoms with Crippen molar-refractivity contribution in [2.45, 2.75) is 44.6 Å². The fourth-order valence-corrected chi connectivity index (χ4v) is 3.93. The number of hydrogen-bond donors (Lipinski definition) is 2. The monoisotopic (exact) mass is 381 g/mol. The van der Waals surface area contributed by atoms with Crippen molar-refractivity contribution in [1.82, 2.24) is 4.98 Å². The topological polar surface area (TPSA) is 77.2 Å². The normalized spacial score (nSPS) is 16.0. The van der Waals surface area contributed by atoms with Gasteiger partial charge in [0.25, 0.3) is 0 Å². The van der Waals surface area contributed by atoms with Gasteiger partial charge in [0.1, 0.15) is 5.75 Å². The van der Waals surface area contributed by atoms with Gasteiger partial charge in [-0.3, -0.25) is 4.79 Å². The van der Waals surface area contributed by atoms with Gasteiger partial charge in [0.2, 0.25) is 5.91 Å². The number of carbonyl (C=O) groups is 1. The number of ether oxygens (including phenoxy) is 1. The molecule has 7 heteroatoms. The molecule has 0 unspecified atom stereocenters. The Kier molecular flexibility index (Phi) is 6.43. The van der Waals surface area contributed by atoms with Crippen LogP contribution in [0, 0.1) is 6.92 Å². The fourth-order valence-electron chi connectivity index (χ4n) is 3.10. The third kappa shape index (κ3) is 4.32. The molecular formula is C18H24ClN3O2S. The number of rotatable bonds is 4. The Labute approximate surface area is 158 Å². The van der Waals surface area contributed by atoms with Crippen molar-refractivity contribution in [2.75, 3.05) is 12.4 Å². The van der Waals surface area contributed by atoms with Gasteiger partial charge >= 0.3 is 0 Å². The molecule has 25 heavy (non-hydrogen) atoms. The number of amides is 1. The third-order valence-electron chi connectivity index (χ3n) is 4.58. The van der Waals surface area contributed by atoms with Gasteiger partial charge < -0.3 is 15.8 Å². The molecule has 1 aromatic carbocycles. The second kappa shape index (κ2) is 8.17. The Bertz CT molecular complexity index is 724. The molecule has 5 nitrogen and oxygen atoms in total. The highest BCUT2D eigenvalue weighted by Gasteiger charge is 2.35. The average Bonchev–Trinajstić information content (AvgIpc) is 2.96. The van der Waals surface area contributed by atoms with E-state index in [4.69, 9.17) is 10.5 Å². The number of aryl methyl sites for hydroxylation is 1. The highest BCUT2D eigenvalue weighted by Crippen LogP contribution is 2.33. The number of benzene rings is 1. The van der Waals surface area contributed by atoms with Crippen LogP contribution in [0.1, 0.15) is 37.0 Å². The van der Waals surface area contributed by atoms with E-state index in [2.05, 4.69) is 10.3 Å². The van der Waals surface area contributed by atoms with Crippen molar-refractivity contribution in [3.8, 4) is 17.0 Å². The van der Waals surface area contributed by atoms with Crippen LogP contribution in [0.3, 0.4) is 0 Å². The SMILES string of the molecule is COc1ccc(-c2nc(NC(=O)C3(N)CCCCC3)sc2C)cc1.Cl. The lowest BCUT2D eigenvalue weighted by molar-refractivity contribution is -0.122. The molecule has 0 bridgehead atoms. The van der Waals surface area contributed by atoms with Crippen molar-refractivity contribution >= 4 is 34.8 Å². The van der Waals surface area contributed by atoms with Crippen LogP contribution in [-0.4, -0.2) is 23.5 Å². The maximum absolute atomic E-state index is 12.5. The molecule has 1 saturated carbocycles. The van der Waals surface area contributed by atoms with Crippen LogP contribution in [0.4, 0.5) is 5.13 Å². The van der Waals surface area contributed by atoms with Gasteiger partial charge in [-0.2, -0.15) is 0 Å². The van der Waals surface area contributed by atoms with E-state index in [9.17, 15) is 4.79 Å². The van der Waals surface area contributed by atoms with Gasteiger partial charge in [0.15, 0.2) is 5.13 Å². The minimum atomic E-state index is -0.752. The molecule has 0 atom stereocenters. The first kappa shape index (κ1) is 19.7. The minimum Gasteiger partial charge on any atom is -0.497 e. The summed E-state index contributed by atoms with van der Waals surface area (Å²) in [4.78, 5) is 18.2. The number of thiazole rings is 1. The number of nitrogens with zero attached hydrogens (tertiary/aromatic N) is 1. The highest BCUT2D eigenvalue weighted by molar-refractivity contribution is 7.16. The molecule has 1 fully saturated rings. The summed E-state index contributed by atoms with van der Waals surface area (Å²) in [5, 5.41) is 3.53. The molecule has 1 heterocycles. The van der Waals surface area contributed by atoms with Crippen molar-refractivity contribution in [2.24, 2.45) is 5.73 Å². The second-order valence-electron chi connectivity index (χ2n) is 6.32. The molecule has 3 rings (SSSR count). The van der Waals surface area contributed by atoms with Crippen molar-refractivity contribution < 1.29 is 9.53 Å². The number of halogens is 1. The van der Waals surface area contributed by atoms with Crippen molar-refractivity contribution in [3.63, 3.8) is 0 Å². The van der Waals surface area contributed by atoms with Crippen LogP contribution in [0.15, 0.2) is 24.3 Å². The molecule has 136 valence electrons. The van der Waals surface area contributed by atoms with Gasteiger partial charge in [0, 0.05) is 10.4 Å². The van der Waals surface area contributed by atoms with Gasteiger partial charge in [-0.25, -0.2) is 4.98 Å². The molecule has 1 amide bonds. The lowest BCUT2D eigenvalue weighted by atomic mass is 9.82. The summed E-state index contributed by atoms with van der Waals surface area (Å²) in [6, 6.07) is 7.75. The summed E-state index contributed by atoms with van der Waals surface area (Å²) in [6.45, 7) is 2.01. The first-order valence-corrected chi connectivity index (χ1v) is 9.06. The number of aromatic nitrogens is 1. The predicted octanol–water partition coefficient (Wildman–Crippen LogP) is 4.15. The zero-order valence-electron chi connectivity index (χ0n) is 14.5. The van der Waals surface area contributed by atoms with Crippen molar-refractivity contribution in [3.05, 3.63) is 29.1 Å². The summed E-state index contributed by atoms with van der Waals surface area (Å²) < 4.78 is 5.18. The Balaban J connectivity index is 0.00000225. The summed E-state index contributed by atoms with van der Waals surface area (Å²) in [6.07, 6.45) is 4.67. The number of nitrogens with one attached hydrogen (secondary N) is 1. The number of carbonyl (C=O) groups excluding carboxylic acids is 1. The van der Waals surface area contributed by atoms with Gasteiger partial charge in [0.05, 0.1) is 18.3 Å². The van der Waals surface area contributed by atoms with E-state index in [0.717, 1.165) is 54.0 Å². The molecule has 2 aromatic rings. The second-order valence-corrected chi connectivity index (χ2v) is 7.53. The lowest BCUT2D eigenvalue weighted by Gasteiger charge is -2.31. The molecule has 1 aromatic heterocycles. The van der Waals surface area contributed by atoms with E-state index in [0.29, 0.717) is 5.13 Å². The number of hydrogen-bond acceptors (Lipinski definition) is 5. The first-order chi connectivity index (χ1) is 11.5. The summed E-state index contributed by atoms with van der Waals surface area (Å²) in [5.41, 5.74) is 7.42. The highest BCUT2D eigenvalue weighted by atomic mass is 35.5. The van der Waals surface area contributed by atoms with E-state index < -0.39 is 5.54 Å². The Hall–Kier alpha value is -1.63. The minimum absolute atomic E-state index is 0. The maximum Gasteiger partial charge on any atom is 0.246 e. The van der Waals surface area contributed by atoms with Gasteiger partial charge in [-0.05, 0) is 44.0 Å². The van der Waals surface area contributed by atoms with E-state index in [1.165, 1.54) is 11.3 Å². The fraction of sp³-hybridized carbons (Fsp3) is 0.444. The number of nitrogens with two attached hydrogens (primary N) is 1. The van der Waals surface area contributed by atoms with Gasteiger partial charge in [-0.15, -0.1) is 23.7 Å².